The number of ether oxygens (including phenoxy) is 1. The van der Waals surface area contributed by atoms with Crippen molar-refractivity contribution in [2.45, 2.75) is 11.4 Å². The number of nitrogens with one attached hydrogen (secondary N) is 1. The number of hydrogen-bond acceptors (Lipinski definition) is 6. The molecule has 0 bridgehead atoms. The molecule has 28 heavy (non-hydrogen) atoms. The van der Waals surface area contributed by atoms with Crippen LogP contribution in [0.1, 0.15) is 15.4 Å². The van der Waals surface area contributed by atoms with E-state index >= 15 is 0 Å². The second kappa shape index (κ2) is 8.78. The van der Waals surface area contributed by atoms with Gasteiger partial charge in [-0.05, 0) is 36.4 Å². The summed E-state index contributed by atoms with van der Waals surface area (Å²) in [7, 11) is -0.423. The zero-order chi connectivity index (χ0) is 20.1. The van der Waals surface area contributed by atoms with E-state index in [1.807, 2.05) is 24.3 Å². The molecule has 0 aliphatic heterocycles. The number of thiazole rings is 1. The molecule has 0 aliphatic rings. The van der Waals surface area contributed by atoms with Crippen LogP contribution >= 0.6 is 11.3 Å². The predicted molar refractivity (Wildman–Crippen MR) is 109 cm³/mol. The van der Waals surface area contributed by atoms with Crippen LogP contribution in [0.15, 0.2) is 53.4 Å². The number of amides is 1. The van der Waals surface area contributed by atoms with Gasteiger partial charge in [-0.2, -0.15) is 0 Å². The van der Waals surface area contributed by atoms with Crippen LogP contribution < -0.4 is 4.72 Å². The highest BCUT2D eigenvalue weighted by Gasteiger charge is 2.17. The highest BCUT2D eigenvalue weighted by molar-refractivity contribution is 7.89. The van der Waals surface area contributed by atoms with Crippen LogP contribution in [0.2, 0.25) is 0 Å². The largest absolute Gasteiger partial charge is 0.383 e. The first kappa shape index (κ1) is 20.4. The van der Waals surface area contributed by atoms with E-state index in [4.69, 9.17) is 4.74 Å². The van der Waals surface area contributed by atoms with Crippen LogP contribution in [0.25, 0.3) is 10.2 Å². The third-order valence-electron chi connectivity index (χ3n) is 4.07. The molecule has 2 aromatic carbocycles. The van der Waals surface area contributed by atoms with Gasteiger partial charge in [0.1, 0.15) is 5.01 Å². The Morgan fingerprint density at radius 3 is 2.57 bits per heavy atom. The fourth-order valence-electron chi connectivity index (χ4n) is 2.62. The lowest BCUT2D eigenvalue weighted by atomic mass is 10.2. The summed E-state index contributed by atoms with van der Waals surface area (Å²) in [6.45, 7) is 0.855. The highest BCUT2D eigenvalue weighted by atomic mass is 32.2. The molecule has 3 aromatic rings. The second-order valence-electron chi connectivity index (χ2n) is 6.15. The Morgan fingerprint density at radius 1 is 1.18 bits per heavy atom. The van der Waals surface area contributed by atoms with Gasteiger partial charge in [-0.25, -0.2) is 18.1 Å². The van der Waals surface area contributed by atoms with Crippen molar-refractivity contribution in [1.82, 2.24) is 14.6 Å². The number of carbonyl (C=O) groups is 1. The molecule has 7 nitrogen and oxygen atoms in total. The van der Waals surface area contributed by atoms with Crippen molar-refractivity contribution < 1.29 is 17.9 Å². The van der Waals surface area contributed by atoms with E-state index in [0.717, 1.165) is 15.2 Å². The molecule has 0 saturated carbocycles. The van der Waals surface area contributed by atoms with Gasteiger partial charge in [0.05, 0.1) is 28.3 Å². The van der Waals surface area contributed by atoms with Crippen molar-refractivity contribution >= 4 is 37.5 Å². The topological polar surface area (TPSA) is 88.6 Å². The van der Waals surface area contributed by atoms with Gasteiger partial charge in [0, 0.05) is 26.3 Å². The highest BCUT2D eigenvalue weighted by Crippen LogP contribution is 2.23. The fraction of sp³-hybridized carbons (Fsp3) is 0.263. The van der Waals surface area contributed by atoms with Crippen molar-refractivity contribution in [3.8, 4) is 0 Å². The van der Waals surface area contributed by atoms with E-state index in [2.05, 4.69) is 9.71 Å². The number of sulfonamides is 1. The van der Waals surface area contributed by atoms with Gasteiger partial charge in [-0.1, -0.05) is 12.1 Å². The Labute approximate surface area is 168 Å². The summed E-state index contributed by atoms with van der Waals surface area (Å²) in [6.07, 6.45) is 0. The van der Waals surface area contributed by atoms with Crippen molar-refractivity contribution in [1.29, 1.82) is 0 Å². The number of carbonyl (C=O) groups excluding carboxylic acids is 1. The van der Waals surface area contributed by atoms with Crippen LogP contribution in [-0.2, 0) is 21.3 Å². The smallest absolute Gasteiger partial charge is 0.253 e. The number of nitrogens with zero attached hydrogens (tertiary/aromatic N) is 2. The first-order valence-electron chi connectivity index (χ1n) is 8.59. The average molecular weight is 420 g/mol. The number of rotatable bonds is 8. The van der Waals surface area contributed by atoms with Gasteiger partial charge in [-0.3, -0.25) is 4.79 Å². The molecular weight excluding hydrogens is 398 g/mol. The molecule has 1 amide bonds. The summed E-state index contributed by atoms with van der Waals surface area (Å²) in [5.41, 5.74) is 1.33. The number of aromatic nitrogens is 1. The lowest BCUT2D eigenvalue weighted by molar-refractivity contribution is 0.0785. The molecule has 0 saturated heterocycles. The van der Waals surface area contributed by atoms with Crippen molar-refractivity contribution in [3.63, 3.8) is 0 Å². The minimum atomic E-state index is -3.62. The van der Waals surface area contributed by atoms with Crippen molar-refractivity contribution in [3.05, 3.63) is 59.1 Å². The molecule has 0 atom stereocenters. The van der Waals surface area contributed by atoms with Crippen LogP contribution in [0.5, 0.6) is 0 Å². The summed E-state index contributed by atoms with van der Waals surface area (Å²) in [5.74, 6) is -0.199. The third kappa shape index (κ3) is 4.74. The van der Waals surface area contributed by atoms with Gasteiger partial charge in [0.15, 0.2) is 0 Å². The summed E-state index contributed by atoms with van der Waals surface area (Å²) >= 11 is 1.55. The van der Waals surface area contributed by atoms with Crippen LogP contribution in [0.4, 0.5) is 0 Å². The molecule has 0 fully saturated rings. The maximum atomic E-state index is 12.7. The molecule has 1 aromatic heterocycles. The van der Waals surface area contributed by atoms with Gasteiger partial charge in [0.2, 0.25) is 10.0 Å². The van der Waals surface area contributed by atoms with E-state index in [0.29, 0.717) is 12.1 Å². The molecule has 148 valence electrons. The van der Waals surface area contributed by atoms with E-state index in [9.17, 15) is 13.2 Å². The summed E-state index contributed by atoms with van der Waals surface area (Å²) in [4.78, 5) is 18.9. The quantitative estimate of drug-likeness (QED) is 0.567. The Kier molecular flexibility index (Phi) is 6.40. The number of fused-ring (bicyclic) bond motifs is 1. The van der Waals surface area contributed by atoms with E-state index in [1.54, 1.807) is 23.3 Å². The van der Waals surface area contributed by atoms with E-state index < -0.39 is 10.0 Å². The monoisotopic (exact) mass is 419 g/mol. The SMILES string of the molecule is COCCNS(=O)(=O)c1ccc(C(=O)N(C)Cc2nc3ccccc3s2)cc1. The van der Waals surface area contributed by atoms with Crippen molar-refractivity contribution in [2.75, 3.05) is 27.3 Å². The molecule has 0 unspecified atom stereocenters. The Hall–Kier alpha value is -2.33. The number of benzene rings is 2. The van der Waals surface area contributed by atoms with Crippen LogP contribution in [-0.4, -0.2) is 51.5 Å². The fourth-order valence-corrected chi connectivity index (χ4v) is 4.65. The molecular formula is C19H21N3O4S2. The number of hydrogen-bond donors (Lipinski definition) is 1. The third-order valence-corrected chi connectivity index (χ3v) is 6.57. The summed E-state index contributed by atoms with van der Waals surface area (Å²) in [5, 5.41) is 0.846. The standard InChI is InChI=1S/C19H21N3O4S2/c1-22(13-18-21-16-5-3-4-6-17(16)27-18)19(23)14-7-9-15(10-8-14)28(24,25)20-11-12-26-2/h3-10,20H,11-13H2,1-2H3. The molecule has 0 aliphatic carbocycles. The van der Waals surface area contributed by atoms with Gasteiger partial charge >= 0.3 is 0 Å². The maximum Gasteiger partial charge on any atom is 0.253 e. The Balaban J connectivity index is 1.68. The van der Waals surface area contributed by atoms with Crippen LogP contribution in [0.3, 0.4) is 0 Å². The molecule has 9 heteroatoms. The molecule has 0 spiro atoms. The molecule has 1 heterocycles. The summed E-state index contributed by atoms with van der Waals surface area (Å²) < 4.78 is 32.7. The Morgan fingerprint density at radius 2 is 1.89 bits per heavy atom. The van der Waals surface area contributed by atoms with E-state index in [1.165, 1.54) is 31.4 Å². The first-order chi connectivity index (χ1) is 13.4. The molecule has 1 N–H and O–H groups in total. The van der Waals surface area contributed by atoms with Gasteiger partial charge in [-0.15, -0.1) is 11.3 Å². The molecule has 3 rings (SSSR count). The minimum absolute atomic E-state index is 0.106. The second-order valence-corrected chi connectivity index (χ2v) is 9.03. The van der Waals surface area contributed by atoms with Crippen molar-refractivity contribution in [2.24, 2.45) is 0 Å². The summed E-state index contributed by atoms with van der Waals surface area (Å²) in [6, 6.07) is 13.7. The number of methoxy groups -OCH3 is 1. The zero-order valence-corrected chi connectivity index (χ0v) is 17.2. The molecule has 0 radical (unpaired) electrons. The number of para-hydroxylation sites is 1. The minimum Gasteiger partial charge on any atom is -0.383 e. The lowest BCUT2D eigenvalue weighted by Crippen LogP contribution is -2.28. The lowest BCUT2D eigenvalue weighted by Gasteiger charge is -2.16. The van der Waals surface area contributed by atoms with Gasteiger partial charge < -0.3 is 9.64 Å². The Bertz CT molecular complexity index is 1030. The first-order valence-corrected chi connectivity index (χ1v) is 10.9. The van der Waals surface area contributed by atoms with Crippen LogP contribution in [0, 0.1) is 0 Å². The predicted octanol–water partition coefficient (Wildman–Crippen LogP) is 2.49. The van der Waals surface area contributed by atoms with Gasteiger partial charge in [0.25, 0.3) is 5.91 Å². The maximum absolute atomic E-state index is 12.7. The normalized spacial score (nSPS) is 11.6. The zero-order valence-electron chi connectivity index (χ0n) is 15.6. The average Bonchev–Trinajstić information content (AvgIpc) is 3.10. The van der Waals surface area contributed by atoms with E-state index in [-0.39, 0.29) is 24.0 Å².